The molecule has 0 saturated heterocycles. The normalized spacial score (nSPS) is 10.9. The van der Waals surface area contributed by atoms with Gasteiger partial charge in [-0.2, -0.15) is 0 Å². The Balaban J connectivity index is 1.52. The molecule has 2 heterocycles. The summed E-state index contributed by atoms with van der Waals surface area (Å²) in [5.74, 6) is 0.208. The van der Waals surface area contributed by atoms with Crippen molar-refractivity contribution in [1.29, 1.82) is 0 Å². The summed E-state index contributed by atoms with van der Waals surface area (Å²) in [5.41, 5.74) is 2.46. The van der Waals surface area contributed by atoms with E-state index in [1.54, 1.807) is 13.0 Å². The van der Waals surface area contributed by atoms with Crippen LogP contribution in [-0.4, -0.2) is 28.5 Å². The van der Waals surface area contributed by atoms with Gasteiger partial charge in [0, 0.05) is 23.1 Å². The number of amides is 1. The molecule has 1 aromatic carbocycles. The summed E-state index contributed by atoms with van der Waals surface area (Å²) >= 11 is 1.12. The molecule has 0 aliphatic rings. The first kappa shape index (κ1) is 20.7. The van der Waals surface area contributed by atoms with E-state index in [2.05, 4.69) is 10.5 Å². The molecule has 29 heavy (non-hydrogen) atoms. The van der Waals surface area contributed by atoms with Gasteiger partial charge < -0.3 is 19.0 Å². The van der Waals surface area contributed by atoms with Crippen LogP contribution >= 0.6 is 11.8 Å². The predicted molar refractivity (Wildman–Crippen MR) is 109 cm³/mol. The Hall–Kier alpha value is -3.07. The molecule has 0 aliphatic heterocycles. The highest BCUT2D eigenvalue weighted by atomic mass is 32.2. The molecule has 0 spiro atoms. The number of carbonyl (C=O) groups excluding carboxylic acids is 2. The van der Waals surface area contributed by atoms with Gasteiger partial charge in [-0.15, -0.1) is 11.8 Å². The molecule has 0 fully saturated rings. The van der Waals surface area contributed by atoms with E-state index in [1.165, 1.54) is 6.07 Å². The summed E-state index contributed by atoms with van der Waals surface area (Å²) in [6.45, 7) is 5.47. The highest BCUT2D eigenvalue weighted by Crippen LogP contribution is 2.23. The Morgan fingerprint density at radius 3 is 2.69 bits per heavy atom. The lowest BCUT2D eigenvalue weighted by Gasteiger charge is -2.09. The van der Waals surface area contributed by atoms with E-state index in [4.69, 9.17) is 13.7 Å². The maximum atomic E-state index is 12.0. The number of rotatable bonds is 7. The fourth-order valence-corrected chi connectivity index (χ4v) is 3.28. The molecule has 1 amide bonds. The van der Waals surface area contributed by atoms with Crippen LogP contribution in [0.4, 0.5) is 5.82 Å². The molecule has 3 rings (SSSR count). The Labute approximate surface area is 170 Å². The summed E-state index contributed by atoms with van der Waals surface area (Å²) in [5, 5.41) is 6.96. The number of nitrogens with one attached hydrogen (secondary N) is 1. The smallest absolute Gasteiger partial charge is 0.336 e. The number of esters is 1. The van der Waals surface area contributed by atoms with E-state index in [1.807, 2.05) is 26.0 Å². The standard InChI is InChI=1S/C20H20N2O6S/c1-11-4-5-15-14(7-18(24)27-20(15)13(11)3)8-26-19(25)10-29-9-17(23)21-16-6-12(2)28-22-16/h4-7H,8-10H2,1-3H3,(H,21,22,23). The van der Waals surface area contributed by atoms with E-state index < -0.39 is 11.6 Å². The molecular formula is C20H20N2O6S. The topological polar surface area (TPSA) is 112 Å². The summed E-state index contributed by atoms with van der Waals surface area (Å²) < 4.78 is 15.4. The average Bonchev–Trinajstić information content (AvgIpc) is 3.07. The van der Waals surface area contributed by atoms with Gasteiger partial charge in [-0.25, -0.2) is 4.79 Å². The van der Waals surface area contributed by atoms with E-state index in [-0.39, 0.29) is 24.0 Å². The average molecular weight is 416 g/mol. The van der Waals surface area contributed by atoms with E-state index in [0.29, 0.717) is 22.7 Å². The zero-order chi connectivity index (χ0) is 21.0. The highest BCUT2D eigenvalue weighted by molar-refractivity contribution is 8.00. The van der Waals surface area contributed by atoms with Crippen molar-refractivity contribution in [3.8, 4) is 0 Å². The van der Waals surface area contributed by atoms with Gasteiger partial charge in [0.05, 0.1) is 11.5 Å². The minimum atomic E-state index is -0.494. The Bertz CT molecular complexity index is 1120. The molecule has 2 aromatic heterocycles. The first-order valence-corrected chi connectivity index (χ1v) is 9.98. The molecule has 0 bridgehead atoms. The van der Waals surface area contributed by atoms with Crippen molar-refractivity contribution >= 4 is 40.4 Å². The largest absolute Gasteiger partial charge is 0.460 e. The quantitative estimate of drug-likeness (QED) is 0.462. The van der Waals surface area contributed by atoms with Gasteiger partial charge >= 0.3 is 11.6 Å². The van der Waals surface area contributed by atoms with Crippen molar-refractivity contribution in [2.45, 2.75) is 27.4 Å². The number of carbonyl (C=O) groups is 2. The van der Waals surface area contributed by atoms with E-state index >= 15 is 0 Å². The van der Waals surface area contributed by atoms with E-state index in [0.717, 1.165) is 28.3 Å². The molecule has 0 saturated carbocycles. The Morgan fingerprint density at radius 2 is 1.97 bits per heavy atom. The number of nitrogens with zero attached hydrogens (tertiary/aromatic N) is 1. The number of fused-ring (bicyclic) bond motifs is 1. The van der Waals surface area contributed by atoms with Gasteiger partial charge in [-0.05, 0) is 31.9 Å². The molecule has 0 aliphatic carbocycles. The zero-order valence-electron chi connectivity index (χ0n) is 16.2. The van der Waals surface area contributed by atoms with Crippen molar-refractivity contribution in [1.82, 2.24) is 5.16 Å². The van der Waals surface area contributed by atoms with Crippen molar-refractivity contribution in [2.24, 2.45) is 0 Å². The molecular weight excluding hydrogens is 396 g/mol. The lowest BCUT2D eigenvalue weighted by Crippen LogP contribution is -2.16. The summed E-state index contributed by atoms with van der Waals surface area (Å²) in [6, 6.07) is 6.69. The minimum absolute atomic E-state index is 0.00275. The summed E-state index contributed by atoms with van der Waals surface area (Å²) in [4.78, 5) is 35.7. The first-order chi connectivity index (χ1) is 13.8. The van der Waals surface area contributed by atoms with E-state index in [9.17, 15) is 14.4 Å². The molecule has 0 radical (unpaired) electrons. The zero-order valence-corrected chi connectivity index (χ0v) is 17.1. The maximum Gasteiger partial charge on any atom is 0.336 e. The van der Waals surface area contributed by atoms with Gasteiger partial charge in [0.25, 0.3) is 0 Å². The number of ether oxygens (including phenoxy) is 1. The molecule has 152 valence electrons. The van der Waals surface area contributed by atoms with Crippen LogP contribution < -0.4 is 10.9 Å². The van der Waals surface area contributed by atoms with Crippen molar-refractivity contribution in [3.63, 3.8) is 0 Å². The van der Waals surface area contributed by atoms with Gasteiger partial charge in [-0.1, -0.05) is 17.3 Å². The lowest BCUT2D eigenvalue weighted by molar-refractivity contribution is -0.141. The van der Waals surface area contributed by atoms with Crippen LogP contribution in [0.1, 0.15) is 22.5 Å². The molecule has 8 nitrogen and oxygen atoms in total. The predicted octanol–water partition coefficient (Wildman–Crippen LogP) is 3.12. The number of hydrogen-bond acceptors (Lipinski definition) is 8. The van der Waals surface area contributed by atoms with Crippen molar-refractivity contribution in [3.05, 3.63) is 57.1 Å². The van der Waals surface area contributed by atoms with Gasteiger partial charge in [0.2, 0.25) is 5.91 Å². The monoisotopic (exact) mass is 416 g/mol. The van der Waals surface area contributed by atoms with Crippen LogP contribution in [-0.2, 0) is 20.9 Å². The van der Waals surface area contributed by atoms with Crippen molar-refractivity contribution in [2.75, 3.05) is 16.8 Å². The third-order valence-electron chi connectivity index (χ3n) is 4.25. The second-order valence-electron chi connectivity index (χ2n) is 6.50. The molecule has 3 aromatic rings. The number of thioether (sulfide) groups is 1. The number of aromatic nitrogens is 1. The third kappa shape index (κ3) is 5.26. The molecule has 1 N–H and O–H groups in total. The van der Waals surface area contributed by atoms with Crippen LogP contribution in [0.2, 0.25) is 0 Å². The van der Waals surface area contributed by atoms with Gasteiger partial charge in [0.15, 0.2) is 5.82 Å². The molecule has 0 atom stereocenters. The molecule has 0 unspecified atom stereocenters. The van der Waals surface area contributed by atoms with Crippen LogP contribution in [0.25, 0.3) is 11.0 Å². The van der Waals surface area contributed by atoms with Crippen LogP contribution in [0.15, 0.2) is 38.0 Å². The van der Waals surface area contributed by atoms with Gasteiger partial charge in [-0.3, -0.25) is 9.59 Å². The summed E-state index contributed by atoms with van der Waals surface area (Å²) in [6.07, 6.45) is 0. The molecule has 9 heteroatoms. The third-order valence-corrected chi connectivity index (χ3v) is 5.16. The summed E-state index contributed by atoms with van der Waals surface area (Å²) in [7, 11) is 0. The number of anilines is 1. The van der Waals surface area contributed by atoms with Gasteiger partial charge in [0.1, 0.15) is 18.0 Å². The Morgan fingerprint density at radius 1 is 1.17 bits per heavy atom. The van der Waals surface area contributed by atoms with Crippen molar-refractivity contribution < 1.29 is 23.3 Å². The Kier molecular flexibility index (Phi) is 6.38. The fourth-order valence-electron chi connectivity index (χ4n) is 2.68. The number of benzene rings is 1. The lowest BCUT2D eigenvalue weighted by atomic mass is 10.0. The first-order valence-electron chi connectivity index (χ1n) is 8.83. The van der Waals surface area contributed by atoms with Crippen LogP contribution in [0.5, 0.6) is 0 Å². The highest BCUT2D eigenvalue weighted by Gasteiger charge is 2.13. The van der Waals surface area contributed by atoms with Crippen LogP contribution in [0.3, 0.4) is 0 Å². The number of aryl methyl sites for hydroxylation is 3. The van der Waals surface area contributed by atoms with Crippen LogP contribution in [0, 0.1) is 20.8 Å². The second kappa shape index (κ2) is 8.95. The minimum Gasteiger partial charge on any atom is -0.460 e. The second-order valence-corrected chi connectivity index (χ2v) is 7.48. The fraction of sp³-hybridized carbons (Fsp3) is 0.300. The SMILES string of the molecule is Cc1cc(NC(=O)CSCC(=O)OCc2cc(=O)oc3c(C)c(C)ccc23)no1. The maximum absolute atomic E-state index is 12.0. The number of hydrogen-bond donors (Lipinski definition) is 1.